The van der Waals surface area contributed by atoms with E-state index in [-0.39, 0.29) is 11.6 Å². The van der Waals surface area contributed by atoms with E-state index < -0.39 is 5.54 Å². The van der Waals surface area contributed by atoms with Gasteiger partial charge in [-0.3, -0.25) is 14.6 Å². The molecule has 0 radical (unpaired) electrons. The van der Waals surface area contributed by atoms with Gasteiger partial charge in [-0.05, 0) is 6.92 Å². The third-order valence-corrected chi connectivity index (χ3v) is 2.88. The van der Waals surface area contributed by atoms with Crippen LogP contribution in [0.2, 0.25) is 0 Å². The molecule has 0 atom stereocenters. The second-order valence-corrected chi connectivity index (χ2v) is 3.61. The first-order valence-corrected chi connectivity index (χ1v) is 4.43. The average Bonchev–Trinajstić information content (AvgIpc) is 2.84. The van der Waals surface area contributed by atoms with E-state index in [1.54, 1.807) is 31.2 Å². The van der Waals surface area contributed by atoms with E-state index in [1.807, 2.05) is 0 Å². The molecule has 1 aliphatic carbocycles. The molecule has 1 aromatic carbocycles. The molecule has 0 saturated heterocycles. The van der Waals surface area contributed by atoms with Gasteiger partial charge in [0.05, 0.1) is 5.71 Å². The molecule has 0 bridgehead atoms. The molecule has 1 aromatic rings. The van der Waals surface area contributed by atoms with Gasteiger partial charge < -0.3 is 0 Å². The number of carbonyl (C=O) groups excluding carboxylic acids is 2. The first kappa shape index (κ1) is 7.62. The fourth-order valence-corrected chi connectivity index (χ4v) is 2.03. The van der Waals surface area contributed by atoms with Crippen LogP contribution >= 0.6 is 0 Å². The molecule has 68 valence electrons. The summed E-state index contributed by atoms with van der Waals surface area (Å²) in [5, 5.41) is 0. The summed E-state index contributed by atoms with van der Waals surface area (Å²) in [6.07, 6.45) is 0. The molecule has 0 aromatic heterocycles. The number of hydrogen-bond donors (Lipinski definition) is 0. The molecular formula is C11H7NO2. The summed E-state index contributed by atoms with van der Waals surface area (Å²) in [5.74, 6) is -0.314. The third-order valence-electron chi connectivity index (χ3n) is 2.88. The van der Waals surface area contributed by atoms with Crippen molar-refractivity contribution in [2.24, 2.45) is 4.99 Å². The van der Waals surface area contributed by atoms with E-state index >= 15 is 0 Å². The highest BCUT2D eigenvalue weighted by Gasteiger charge is 2.62. The van der Waals surface area contributed by atoms with Crippen LogP contribution in [0.3, 0.4) is 0 Å². The van der Waals surface area contributed by atoms with Crippen LogP contribution in [-0.4, -0.2) is 22.8 Å². The number of rotatable bonds is 0. The quantitative estimate of drug-likeness (QED) is 0.571. The molecule has 1 spiro atoms. The molecule has 0 N–H and O–H groups in total. The fraction of sp³-hybridized carbons (Fsp3) is 0.182. The predicted molar refractivity (Wildman–Crippen MR) is 50.9 cm³/mol. The molecule has 2 aliphatic rings. The number of ketones is 2. The second-order valence-electron chi connectivity index (χ2n) is 3.61. The van der Waals surface area contributed by atoms with E-state index in [1.165, 1.54) is 0 Å². The lowest BCUT2D eigenvalue weighted by molar-refractivity contribution is 0.0881. The number of nitrogens with zero attached hydrogens (tertiary/aromatic N) is 1. The normalized spacial score (nSPS) is 21.1. The van der Waals surface area contributed by atoms with E-state index in [0.29, 0.717) is 16.8 Å². The van der Waals surface area contributed by atoms with E-state index in [0.717, 1.165) is 0 Å². The first-order valence-electron chi connectivity index (χ1n) is 4.43. The molecule has 3 rings (SSSR count). The van der Waals surface area contributed by atoms with E-state index in [9.17, 15) is 9.59 Å². The maximum absolute atomic E-state index is 11.9. The fourth-order valence-electron chi connectivity index (χ4n) is 2.03. The zero-order valence-corrected chi connectivity index (χ0v) is 7.57. The lowest BCUT2D eigenvalue weighted by Gasteiger charge is -1.98. The minimum atomic E-state index is -1.11. The minimum absolute atomic E-state index is 0.157. The van der Waals surface area contributed by atoms with Crippen molar-refractivity contribution in [3.8, 4) is 0 Å². The summed E-state index contributed by atoms with van der Waals surface area (Å²) in [7, 11) is 0. The van der Waals surface area contributed by atoms with Crippen LogP contribution in [0.1, 0.15) is 27.6 Å². The van der Waals surface area contributed by atoms with Crippen LogP contribution in [0.5, 0.6) is 0 Å². The molecule has 14 heavy (non-hydrogen) atoms. The van der Waals surface area contributed by atoms with Crippen LogP contribution in [0.25, 0.3) is 0 Å². The summed E-state index contributed by atoms with van der Waals surface area (Å²) in [4.78, 5) is 27.7. The first-order chi connectivity index (χ1) is 6.68. The Morgan fingerprint density at radius 1 is 1.07 bits per heavy atom. The molecule has 0 amide bonds. The predicted octanol–water partition coefficient (Wildman–Crippen LogP) is 1.28. The zero-order valence-electron chi connectivity index (χ0n) is 7.57. The van der Waals surface area contributed by atoms with Crippen molar-refractivity contribution in [1.29, 1.82) is 0 Å². The highest BCUT2D eigenvalue weighted by atomic mass is 16.2. The highest BCUT2D eigenvalue weighted by Crippen LogP contribution is 2.41. The Morgan fingerprint density at radius 3 is 1.86 bits per heavy atom. The largest absolute Gasteiger partial charge is 0.290 e. The van der Waals surface area contributed by atoms with Gasteiger partial charge in [-0.25, -0.2) is 0 Å². The lowest BCUT2D eigenvalue weighted by atomic mass is 9.98. The smallest absolute Gasteiger partial charge is 0.223 e. The second kappa shape index (κ2) is 2.00. The summed E-state index contributed by atoms with van der Waals surface area (Å²) >= 11 is 0. The van der Waals surface area contributed by atoms with Crippen molar-refractivity contribution < 1.29 is 9.59 Å². The molecule has 0 saturated carbocycles. The molecule has 1 heterocycles. The maximum Gasteiger partial charge on any atom is 0.223 e. The van der Waals surface area contributed by atoms with Crippen LogP contribution in [-0.2, 0) is 0 Å². The molecule has 3 heteroatoms. The Kier molecular flexibility index (Phi) is 1.09. The molecule has 3 nitrogen and oxygen atoms in total. The van der Waals surface area contributed by atoms with Crippen LogP contribution in [0, 0.1) is 0 Å². The molecule has 0 unspecified atom stereocenters. The minimum Gasteiger partial charge on any atom is -0.290 e. The summed E-state index contributed by atoms with van der Waals surface area (Å²) in [5.41, 5.74) is 0.559. The van der Waals surface area contributed by atoms with Crippen molar-refractivity contribution >= 4 is 17.3 Å². The number of aliphatic imine (C=N–C) groups is 1. The highest BCUT2D eigenvalue weighted by molar-refractivity contribution is 6.49. The Bertz CT molecular complexity index is 479. The standard InChI is InChI=1S/C11H7NO2/c1-6-11(12-6)9(13)7-4-2-3-5-8(7)10(11)14/h2-5H,1H3. The lowest BCUT2D eigenvalue weighted by Crippen LogP contribution is -2.31. The van der Waals surface area contributed by atoms with Gasteiger partial charge in [-0.1, -0.05) is 24.3 Å². The summed E-state index contributed by atoms with van der Waals surface area (Å²) < 4.78 is 0. The van der Waals surface area contributed by atoms with Gasteiger partial charge in [-0.15, -0.1) is 0 Å². The van der Waals surface area contributed by atoms with Gasteiger partial charge in [-0.2, -0.15) is 0 Å². The number of hydrogen-bond acceptors (Lipinski definition) is 3. The Morgan fingerprint density at radius 2 is 1.50 bits per heavy atom. The van der Waals surface area contributed by atoms with E-state index in [4.69, 9.17) is 0 Å². The molecule has 1 aliphatic heterocycles. The average molecular weight is 185 g/mol. The third kappa shape index (κ3) is 0.596. The SMILES string of the molecule is CC1=NC12C(=O)c1ccccc1C2=O. The van der Waals surface area contributed by atoms with Crippen molar-refractivity contribution in [2.75, 3.05) is 0 Å². The number of Topliss-reactive ketones (excluding diaryl/α,β-unsaturated/α-hetero) is 2. The van der Waals surface area contributed by atoms with Crippen molar-refractivity contribution in [2.45, 2.75) is 12.5 Å². The van der Waals surface area contributed by atoms with Gasteiger partial charge >= 0.3 is 0 Å². The summed E-state index contributed by atoms with van der Waals surface area (Å²) in [6.45, 7) is 1.72. The zero-order chi connectivity index (χ0) is 9.92. The number of fused-ring (bicyclic) bond motifs is 1. The van der Waals surface area contributed by atoms with Gasteiger partial charge in [0.2, 0.25) is 17.1 Å². The van der Waals surface area contributed by atoms with E-state index in [2.05, 4.69) is 4.99 Å². The maximum atomic E-state index is 11.9. The monoisotopic (exact) mass is 185 g/mol. The Labute approximate surface area is 80.5 Å². The topological polar surface area (TPSA) is 46.5 Å². The van der Waals surface area contributed by atoms with Crippen LogP contribution in [0.15, 0.2) is 29.3 Å². The Balaban J connectivity index is 2.25. The number of benzene rings is 1. The van der Waals surface area contributed by atoms with Crippen molar-refractivity contribution in [1.82, 2.24) is 0 Å². The van der Waals surface area contributed by atoms with Gasteiger partial charge in [0.25, 0.3) is 0 Å². The molecular weight excluding hydrogens is 178 g/mol. The van der Waals surface area contributed by atoms with Crippen LogP contribution in [0.4, 0.5) is 0 Å². The Hall–Kier alpha value is -1.77. The molecule has 0 fully saturated rings. The number of carbonyl (C=O) groups is 2. The van der Waals surface area contributed by atoms with Gasteiger partial charge in [0, 0.05) is 11.1 Å². The van der Waals surface area contributed by atoms with Gasteiger partial charge in [0.15, 0.2) is 0 Å². The van der Waals surface area contributed by atoms with Gasteiger partial charge in [0.1, 0.15) is 0 Å². The summed E-state index contributed by atoms with van der Waals surface area (Å²) in [6, 6.07) is 6.90. The van der Waals surface area contributed by atoms with Crippen molar-refractivity contribution in [3.05, 3.63) is 35.4 Å². The van der Waals surface area contributed by atoms with Crippen molar-refractivity contribution in [3.63, 3.8) is 0 Å². The van der Waals surface area contributed by atoms with Crippen LogP contribution < -0.4 is 0 Å².